The molecule has 0 aliphatic rings. The summed E-state index contributed by atoms with van der Waals surface area (Å²) in [6.45, 7) is 1.91. The van der Waals surface area contributed by atoms with Crippen molar-refractivity contribution in [1.29, 1.82) is 0 Å². The molecule has 0 aliphatic heterocycles. The van der Waals surface area contributed by atoms with E-state index in [1.165, 1.54) is 22.7 Å². The third-order valence-corrected chi connectivity index (χ3v) is 5.66. The van der Waals surface area contributed by atoms with Gasteiger partial charge < -0.3 is 5.32 Å². The summed E-state index contributed by atoms with van der Waals surface area (Å²) in [5.74, 6) is -0.281. The number of aryl methyl sites for hydroxylation is 2. The molecule has 0 spiro atoms. The van der Waals surface area contributed by atoms with Crippen LogP contribution in [0.1, 0.15) is 27.3 Å². The van der Waals surface area contributed by atoms with Crippen LogP contribution >= 0.6 is 34.3 Å². The molecule has 3 aromatic rings. The lowest BCUT2D eigenvalue weighted by molar-refractivity contribution is -0.116. The molecule has 0 aliphatic carbocycles. The number of thiophene rings is 1. The zero-order valence-corrected chi connectivity index (χ0v) is 16.3. The Morgan fingerprint density at radius 2 is 2.04 bits per heavy atom. The van der Waals surface area contributed by atoms with Gasteiger partial charge in [-0.25, -0.2) is 4.98 Å². The summed E-state index contributed by atoms with van der Waals surface area (Å²) in [5, 5.41) is 10.4. The first-order chi connectivity index (χ1) is 12.5. The SMILES string of the molecule is Cc1ccc(NC(=O)CCc2csc(NC(=O)c3cccs3)n2)cc1Cl. The molecule has 1 aromatic carbocycles. The maximum absolute atomic E-state index is 12.1. The lowest BCUT2D eigenvalue weighted by Gasteiger charge is -2.06. The van der Waals surface area contributed by atoms with Crippen molar-refractivity contribution in [1.82, 2.24) is 4.98 Å². The fraction of sp³-hybridized carbons (Fsp3) is 0.167. The molecule has 0 unspecified atom stereocenters. The molecule has 2 aromatic heterocycles. The first-order valence-corrected chi connectivity index (χ1v) is 10.0. The van der Waals surface area contributed by atoms with Crippen molar-refractivity contribution in [2.45, 2.75) is 19.8 Å². The molecule has 8 heteroatoms. The molecule has 2 N–H and O–H groups in total. The predicted molar refractivity (Wildman–Crippen MR) is 108 cm³/mol. The second-order valence-corrected chi connectivity index (χ2v) is 7.80. The lowest BCUT2D eigenvalue weighted by Crippen LogP contribution is -2.12. The number of nitrogens with zero attached hydrogens (tertiary/aromatic N) is 1. The average molecular weight is 406 g/mol. The zero-order valence-electron chi connectivity index (χ0n) is 13.9. The van der Waals surface area contributed by atoms with E-state index >= 15 is 0 Å². The summed E-state index contributed by atoms with van der Waals surface area (Å²) in [7, 11) is 0. The van der Waals surface area contributed by atoms with Gasteiger partial charge in [0.05, 0.1) is 10.6 Å². The Bertz CT molecular complexity index is 922. The Morgan fingerprint density at radius 3 is 2.77 bits per heavy atom. The van der Waals surface area contributed by atoms with Gasteiger partial charge in [-0.2, -0.15) is 0 Å². The highest BCUT2D eigenvalue weighted by atomic mass is 35.5. The standard InChI is InChI=1S/C18H16ClN3O2S2/c1-11-4-5-12(9-14(11)19)20-16(23)7-6-13-10-26-18(21-13)22-17(24)15-3-2-8-25-15/h2-5,8-10H,6-7H2,1H3,(H,20,23)(H,21,22,24). The maximum Gasteiger partial charge on any atom is 0.267 e. The number of rotatable bonds is 6. The van der Waals surface area contributed by atoms with E-state index in [1.807, 2.05) is 35.9 Å². The summed E-state index contributed by atoms with van der Waals surface area (Å²) in [6.07, 6.45) is 0.796. The molecule has 0 saturated carbocycles. The summed E-state index contributed by atoms with van der Waals surface area (Å²) >= 11 is 8.78. The Hall–Kier alpha value is -2.22. The molecule has 134 valence electrons. The van der Waals surface area contributed by atoms with Gasteiger partial charge in [-0.15, -0.1) is 22.7 Å². The van der Waals surface area contributed by atoms with Crippen LogP contribution in [0.3, 0.4) is 0 Å². The minimum atomic E-state index is -0.171. The molecule has 0 radical (unpaired) electrons. The van der Waals surface area contributed by atoms with Gasteiger partial charge in [0.25, 0.3) is 5.91 Å². The largest absolute Gasteiger partial charge is 0.326 e. The third kappa shape index (κ3) is 4.91. The number of hydrogen-bond donors (Lipinski definition) is 2. The Kier molecular flexibility index (Phi) is 6.03. The van der Waals surface area contributed by atoms with Crippen molar-refractivity contribution in [3.05, 3.63) is 62.2 Å². The Morgan fingerprint density at radius 1 is 1.19 bits per heavy atom. The quantitative estimate of drug-likeness (QED) is 0.606. The first kappa shape index (κ1) is 18.6. The summed E-state index contributed by atoms with van der Waals surface area (Å²) < 4.78 is 0. The molecule has 2 heterocycles. The van der Waals surface area contributed by atoms with Gasteiger partial charge in [0, 0.05) is 22.5 Å². The molecule has 5 nitrogen and oxygen atoms in total. The number of aromatic nitrogens is 1. The number of anilines is 2. The van der Waals surface area contributed by atoms with E-state index in [0.29, 0.717) is 33.6 Å². The predicted octanol–water partition coefficient (Wildman–Crippen LogP) is 4.99. The van der Waals surface area contributed by atoms with Crippen molar-refractivity contribution in [2.24, 2.45) is 0 Å². The van der Waals surface area contributed by atoms with Crippen LogP contribution in [0, 0.1) is 6.92 Å². The normalized spacial score (nSPS) is 10.5. The molecule has 0 fully saturated rings. The molecule has 2 amide bonds. The summed E-state index contributed by atoms with van der Waals surface area (Å²) in [4.78, 5) is 29.1. The number of thiazole rings is 1. The maximum atomic E-state index is 12.1. The molecular weight excluding hydrogens is 390 g/mol. The van der Waals surface area contributed by atoms with Gasteiger partial charge >= 0.3 is 0 Å². The van der Waals surface area contributed by atoms with Crippen molar-refractivity contribution in [3.8, 4) is 0 Å². The second-order valence-electron chi connectivity index (χ2n) is 5.59. The fourth-order valence-corrected chi connectivity index (χ4v) is 3.72. The fourth-order valence-electron chi connectivity index (χ4n) is 2.18. The van der Waals surface area contributed by atoms with Crippen LogP contribution in [0.15, 0.2) is 41.1 Å². The molecular formula is C18H16ClN3O2S2. The number of benzene rings is 1. The molecule has 0 saturated heterocycles. The Balaban J connectivity index is 1.50. The third-order valence-electron chi connectivity index (χ3n) is 3.58. The van der Waals surface area contributed by atoms with Crippen molar-refractivity contribution in [3.63, 3.8) is 0 Å². The van der Waals surface area contributed by atoms with E-state index in [4.69, 9.17) is 11.6 Å². The number of carbonyl (C=O) groups excluding carboxylic acids is 2. The van der Waals surface area contributed by atoms with Crippen LogP contribution in [-0.2, 0) is 11.2 Å². The minimum Gasteiger partial charge on any atom is -0.326 e. The van der Waals surface area contributed by atoms with Crippen molar-refractivity contribution in [2.75, 3.05) is 10.6 Å². The van der Waals surface area contributed by atoms with E-state index in [9.17, 15) is 9.59 Å². The minimum absolute atomic E-state index is 0.109. The molecule has 0 bridgehead atoms. The van der Waals surface area contributed by atoms with Crippen LogP contribution < -0.4 is 10.6 Å². The summed E-state index contributed by atoms with van der Waals surface area (Å²) in [5.41, 5.74) is 2.41. The van der Waals surface area contributed by atoms with Crippen molar-refractivity contribution >= 4 is 56.9 Å². The van der Waals surface area contributed by atoms with Crippen LogP contribution in [-0.4, -0.2) is 16.8 Å². The van der Waals surface area contributed by atoms with Gasteiger partial charge in [0.2, 0.25) is 5.91 Å². The first-order valence-electron chi connectivity index (χ1n) is 7.86. The smallest absolute Gasteiger partial charge is 0.267 e. The van der Waals surface area contributed by atoms with Gasteiger partial charge in [0.1, 0.15) is 0 Å². The summed E-state index contributed by atoms with van der Waals surface area (Å²) in [6, 6.07) is 9.00. The monoisotopic (exact) mass is 405 g/mol. The number of hydrogen-bond acceptors (Lipinski definition) is 5. The Labute approximate surface area is 164 Å². The number of carbonyl (C=O) groups is 2. The molecule has 26 heavy (non-hydrogen) atoms. The average Bonchev–Trinajstić information content (AvgIpc) is 3.28. The highest BCUT2D eigenvalue weighted by molar-refractivity contribution is 7.14. The van der Waals surface area contributed by atoms with Crippen molar-refractivity contribution < 1.29 is 9.59 Å². The molecule has 0 atom stereocenters. The zero-order chi connectivity index (χ0) is 18.5. The lowest BCUT2D eigenvalue weighted by atomic mass is 10.2. The van der Waals surface area contributed by atoms with Crippen LogP contribution in [0.4, 0.5) is 10.8 Å². The van der Waals surface area contributed by atoms with E-state index < -0.39 is 0 Å². The highest BCUT2D eigenvalue weighted by Gasteiger charge is 2.11. The van der Waals surface area contributed by atoms with E-state index in [-0.39, 0.29) is 11.8 Å². The van der Waals surface area contributed by atoms with Crippen LogP contribution in [0.2, 0.25) is 5.02 Å². The van der Waals surface area contributed by atoms with Crippen LogP contribution in [0.25, 0.3) is 0 Å². The van der Waals surface area contributed by atoms with Gasteiger partial charge in [-0.05, 0) is 42.5 Å². The van der Waals surface area contributed by atoms with Gasteiger partial charge in [-0.3, -0.25) is 14.9 Å². The number of halogens is 1. The second kappa shape index (κ2) is 8.44. The number of amides is 2. The highest BCUT2D eigenvalue weighted by Crippen LogP contribution is 2.21. The van der Waals surface area contributed by atoms with E-state index in [1.54, 1.807) is 12.1 Å². The number of nitrogens with one attached hydrogen (secondary N) is 2. The van der Waals surface area contributed by atoms with E-state index in [2.05, 4.69) is 15.6 Å². The van der Waals surface area contributed by atoms with Crippen LogP contribution in [0.5, 0.6) is 0 Å². The van der Waals surface area contributed by atoms with E-state index in [0.717, 1.165) is 11.3 Å². The topological polar surface area (TPSA) is 71.1 Å². The van der Waals surface area contributed by atoms with Gasteiger partial charge in [-0.1, -0.05) is 23.7 Å². The molecule has 3 rings (SSSR count). The van der Waals surface area contributed by atoms with Gasteiger partial charge in [0.15, 0.2) is 5.13 Å².